The van der Waals surface area contributed by atoms with Gasteiger partial charge in [0.25, 0.3) is 0 Å². The van der Waals surface area contributed by atoms with Crippen LogP contribution in [-0.2, 0) is 4.94 Å². The highest BCUT2D eigenvalue weighted by Gasteiger charge is 2.34. The molecule has 0 spiro atoms. The van der Waals surface area contributed by atoms with Gasteiger partial charge in [0.1, 0.15) is 33.3 Å². The lowest BCUT2D eigenvalue weighted by Gasteiger charge is -2.10. The lowest BCUT2D eigenvalue weighted by atomic mass is 10.8. The van der Waals surface area contributed by atoms with E-state index < -0.39 is 76.5 Å². The van der Waals surface area contributed by atoms with Crippen LogP contribution in [0.4, 0.5) is 66.0 Å². The summed E-state index contributed by atoms with van der Waals surface area (Å²) in [6, 6.07) is -2.73. The van der Waals surface area contributed by atoms with Crippen molar-refractivity contribution in [3.05, 3.63) is 0 Å². The summed E-state index contributed by atoms with van der Waals surface area (Å²) in [5.74, 6) is 0. The van der Waals surface area contributed by atoms with Crippen molar-refractivity contribution >= 4 is 61.8 Å². The molecule has 0 aliphatic heterocycles. The molecule has 0 bridgehead atoms. The zero-order valence-corrected chi connectivity index (χ0v) is 21.0. The topological polar surface area (TPSA) is 9.23 Å². The summed E-state index contributed by atoms with van der Waals surface area (Å²) in [6.45, 7) is -10.9. The SMILES string of the molecule is FCC(F)(F)F.FCC(I)[Si](Cl)(Cl)Cl.FCCF.FCCOF.FCF.FCF.FCF. The predicted molar refractivity (Wildman–Crippen MR) is 105 cm³/mol. The molecular weight excluding hydrogens is 694 g/mol. The Kier molecular flexibility index (Phi) is 70.4. The molecule has 1 unspecified atom stereocenters. The zero-order valence-electron chi connectivity index (χ0n) is 15.5. The van der Waals surface area contributed by atoms with Crippen molar-refractivity contribution < 1.29 is 70.9 Å². The number of rotatable bonds is 5. The molecule has 0 N–H and O–H groups in total. The molecule has 0 radical (unpaired) electrons. The fourth-order valence-electron chi connectivity index (χ4n) is 0.117. The van der Waals surface area contributed by atoms with Gasteiger partial charge < -0.3 is 0 Å². The van der Waals surface area contributed by atoms with Crippen molar-refractivity contribution in [3.63, 3.8) is 0 Å². The van der Waals surface area contributed by atoms with E-state index in [9.17, 15) is 66.0 Å². The third-order valence-electron chi connectivity index (χ3n) is 0.868. The standard InChI is InChI=1S/C2H3Cl3FISi.C2H2F4.C2H4F2O.C2H4F2.3CH2F2/c3-8(4,5)2(7)1-6;3-1-2(4,5)6;3-1-2-5-4;3-1-2-4;3*2-1-3/h2H,1H2;1H2;1-2H2;1-2H2;3*1H2. The fraction of sp³-hybridized carbons (Fsp3) is 1.00. The molecule has 0 saturated carbocycles. The van der Waals surface area contributed by atoms with Crippen LogP contribution in [-0.4, -0.2) is 76.5 Å². The van der Waals surface area contributed by atoms with E-state index >= 15 is 0 Å². The van der Waals surface area contributed by atoms with Gasteiger partial charge in [0, 0.05) is 0 Å². The number of hydrogen-bond acceptors (Lipinski definition) is 1. The van der Waals surface area contributed by atoms with Gasteiger partial charge in [-0.05, 0) is 4.53 Å². The molecule has 0 amide bonds. The number of halogens is 19. The van der Waals surface area contributed by atoms with E-state index in [1.165, 1.54) is 0 Å². The van der Waals surface area contributed by atoms with Crippen LogP contribution in [0.3, 0.4) is 0 Å². The van der Waals surface area contributed by atoms with Crippen LogP contribution in [0.25, 0.3) is 0 Å². The first-order valence-corrected chi connectivity index (χ1v) is 13.1. The molecule has 0 heterocycles. The minimum absolute atomic E-state index is 0.412. The van der Waals surface area contributed by atoms with Gasteiger partial charge in [-0.1, -0.05) is 22.6 Å². The quantitative estimate of drug-likeness (QED) is 0.0910. The second kappa shape index (κ2) is 45.3. The maximum absolute atomic E-state index is 11.7. The minimum atomic E-state index is -4.62. The summed E-state index contributed by atoms with van der Waals surface area (Å²) < 4.78 is 152. The summed E-state index contributed by atoms with van der Waals surface area (Å²) in [7, 11) is 0. The Morgan fingerprint density at radius 1 is 0.688 bits per heavy atom. The molecule has 21 heteroatoms. The van der Waals surface area contributed by atoms with E-state index in [4.69, 9.17) is 33.2 Å². The van der Waals surface area contributed by atoms with E-state index in [1.54, 1.807) is 22.6 Å². The Bertz CT molecular complexity index is 263. The summed E-state index contributed by atoms with van der Waals surface area (Å²) in [5, 5.41) is 0. The molecule has 0 aliphatic rings. The largest absolute Gasteiger partial charge is 0.416 e. The maximum Gasteiger partial charge on any atom is 0.416 e. The average Bonchev–Trinajstić information content (AvgIpc) is 2.69. The predicted octanol–water partition coefficient (Wildman–Crippen LogP) is 8.90. The molecule has 0 aliphatic carbocycles. The fourth-order valence-corrected chi connectivity index (χ4v) is 0.816. The van der Waals surface area contributed by atoms with E-state index in [1.807, 2.05) is 0 Å². The minimum Gasteiger partial charge on any atom is -0.250 e. The highest BCUT2D eigenvalue weighted by atomic mass is 127. The summed E-state index contributed by atoms with van der Waals surface area (Å²) >= 11 is 18.0. The van der Waals surface area contributed by atoms with E-state index in [2.05, 4.69) is 4.94 Å². The van der Waals surface area contributed by atoms with Crippen molar-refractivity contribution in [2.24, 2.45) is 0 Å². The monoisotopic (exact) mass is 712 g/mol. The van der Waals surface area contributed by atoms with Crippen LogP contribution in [0.1, 0.15) is 0 Å². The first-order valence-electron chi connectivity index (χ1n) is 6.79. The van der Waals surface area contributed by atoms with E-state index in [-0.39, 0.29) is 0 Å². The van der Waals surface area contributed by atoms with Gasteiger partial charge in [0.15, 0.2) is 6.67 Å². The van der Waals surface area contributed by atoms with Gasteiger partial charge in [-0.15, -0.1) is 33.2 Å². The van der Waals surface area contributed by atoms with Gasteiger partial charge in [-0.25, -0.2) is 43.9 Å². The number of alkyl halides is 15. The van der Waals surface area contributed by atoms with Gasteiger partial charge in [0.2, 0.25) is 20.8 Å². The highest BCUT2D eigenvalue weighted by Crippen LogP contribution is 2.29. The zero-order chi connectivity index (χ0) is 27.6. The van der Waals surface area contributed by atoms with E-state index in [0.29, 0.717) is 0 Å². The smallest absolute Gasteiger partial charge is 0.250 e. The van der Waals surface area contributed by atoms with Gasteiger partial charge >= 0.3 is 12.2 Å². The van der Waals surface area contributed by atoms with E-state index in [0.717, 1.165) is 0 Å². The molecular formula is C11H19Cl3F15IOSi. The molecule has 1 atom stereocenters. The van der Waals surface area contributed by atoms with Crippen molar-refractivity contribution in [1.82, 2.24) is 0 Å². The Morgan fingerprint density at radius 3 is 0.938 bits per heavy atom. The Balaban J connectivity index is -0.0000000473. The van der Waals surface area contributed by atoms with Crippen molar-refractivity contribution in [3.8, 4) is 0 Å². The van der Waals surface area contributed by atoms with Crippen LogP contribution in [0.2, 0.25) is 0 Å². The first-order chi connectivity index (χ1) is 14.6. The van der Waals surface area contributed by atoms with Crippen molar-refractivity contribution in [2.75, 3.05) is 60.8 Å². The number of hydrogen-bond donors (Lipinski definition) is 0. The molecule has 0 rings (SSSR count). The second-order valence-corrected chi connectivity index (χ2v) is 14.7. The third-order valence-corrected chi connectivity index (χ3v) is 10.6. The lowest BCUT2D eigenvalue weighted by molar-refractivity contribution is -0.142. The molecule has 206 valence electrons. The normalized spacial score (nSPS) is 10.2. The average molecular weight is 714 g/mol. The van der Waals surface area contributed by atoms with Crippen LogP contribution >= 0.6 is 55.8 Å². The van der Waals surface area contributed by atoms with Gasteiger partial charge in [-0.3, -0.25) is 4.39 Å². The van der Waals surface area contributed by atoms with Gasteiger partial charge in [-0.2, -0.15) is 18.1 Å². The van der Waals surface area contributed by atoms with Crippen LogP contribution in [0.15, 0.2) is 0 Å². The molecule has 0 saturated heterocycles. The molecule has 0 aromatic rings. The Morgan fingerprint density at radius 2 is 0.938 bits per heavy atom. The second-order valence-electron chi connectivity index (χ2n) is 3.10. The van der Waals surface area contributed by atoms with Crippen LogP contribution in [0.5, 0.6) is 0 Å². The summed E-state index contributed by atoms with van der Waals surface area (Å²) in [5.41, 5.74) is 0. The molecule has 32 heavy (non-hydrogen) atoms. The highest BCUT2D eigenvalue weighted by molar-refractivity contribution is 14.1. The van der Waals surface area contributed by atoms with Crippen molar-refractivity contribution in [2.45, 2.75) is 9.72 Å². The molecule has 0 aromatic heterocycles. The molecule has 1 nitrogen and oxygen atoms in total. The molecule has 0 fully saturated rings. The summed E-state index contributed by atoms with van der Waals surface area (Å²) in [4.78, 5) is 2.82. The van der Waals surface area contributed by atoms with Crippen LogP contribution in [0, 0.1) is 0 Å². The van der Waals surface area contributed by atoms with Crippen LogP contribution < -0.4 is 0 Å². The summed E-state index contributed by atoms with van der Waals surface area (Å²) in [6.07, 6.45) is -4.62. The third kappa shape index (κ3) is 125. The maximum atomic E-state index is 11.7. The Hall–Kier alpha value is 0.727. The molecule has 0 aromatic carbocycles. The Labute approximate surface area is 203 Å². The first kappa shape index (κ1) is 49.8. The van der Waals surface area contributed by atoms with Gasteiger partial charge in [0.05, 0.1) is 3.55 Å². The lowest BCUT2D eigenvalue weighted by Crippen LogP contribution is -2.26. The van der Waals surface area contributed by atoms with Crippen molar-refractivity contribution in [1.29, 1.82) is 0 Å².